The molecule has 1 heterocycles. The zero-order valence-electron chi connectivity index (χ0n) is 18.3. The molecule has 0 spiro atoms. The summed E-state index contributed by atoms with van der Waals surface area (Å²) in [4.78, 5) is 8.78. The van der Waals surface area contributed by atoms with Gasteiger partial charge in [0.1, 0.15) is 24.0 Å². The van der Waals surface area contributed by atoms with E-state index < -0.39 is 15.5 Å². The Morgan fingerprint density at radius 1 is 0.971 bits per heavy atom. The zero-order valence-corrected chi connectivity index (χ0v) is 19.1. The van der Waals surface area contributed by atoms with E-state index in [1.54, 1.807) is 42.6 Å². The van der Waals surface area contributed by atoms with Gasteiger partial charge in [0.25, 0.3) is 0 Å². The average molecular weight is 481 g/mol. The first-order valence-corrected chi connectivity index (χ1v) is 12.5. The lowest BCUT2D eigenvalue weighted by Crippen LogP contribution is -2.02. The molecule has 0 radical (unpaired) electrons. The van der Waals surface area contributed by atoms with Crippen molar-refractivity contribution >= 4 is 21.4 Å². The molecule has 34 heavy (non-hydrogen) atoms. The van der Waals surface area contributed by atoms with Gasteiger partial charge >= 0.3 is 0 Å². The van der Waals surface area contributed by atoms with Gasteiger partial charge in [-0.3, -0.25) is 4.78 Å². The number of hydrogen-bond acceptors (Lipinski definition) is 6. The normalized spacial score (nSPS) is 12.7. The number of halogens is 2. The van der Waals surface area contributed by atoms with Crippen LogP contribution in [0.3, 0.4) is 0 Å². The minimum Gasteiger partial charge on any atom is -0.488 e. The van der Waals surface area contributed by atoms with Gasteiger partial charge < -0.3 is 10.1 Å². The Morgan fingerprint density at radius 3 is 2.50 bits per heavy atom. The van der Waals surface area contributed by atoms with Crippen molar-refractivity contribution in [2.24, 2.45) is 0 Å². The highest BCUT2D eigenvalue weighted by Crippen LogP contribution is 2.31. The van der Waals surface area contributed by atoms with Crippen molar-refractivity contribution in [2.75, 3.05) is 11.6 Å². The van der Waals surface area contributed by atoms with Crippen LogP contribution < -0.4 is 10.1 Å². The maximum atomic E-state index is 14.0. The number of rotatable bonds is 8. The van der Waals surface area contributed by atoms with Crippen LogP contribution in [-0.4, -0.2) is 20.4 Å². The molecule has 4 rings (SSSR count). The second kappa shape index (κ2) is 9.96. The minimum atomic E-state index is -2.67. The van der Waals surface area contributed by atoms with E-state index in [9.17, 15) is 13.0 Å². The van der Waals surface area contributed by atoms with Crippen LogP contribution >= 0.6 is 0 Å². The molecule has 2 N–H and O–H groups in total. The molecule has 1 atom stereocenters. The van der Waals surface area contributed by atoms with Crippen molar-refractivity contribution in [3.8, 4) is 17.0 Å². The minimum absolute atomic E-state index is 0.135. The summed E-state index contributed by atoms with van der Waals surface area (Å²) >= 11 is 0. The third-order valence-corrected chi connectivity index (χ3v) is 5.69. The number of nitrogens with one attached hydrogen (secondary N) is 2. The standard InChI is InChI=1S/C25H22F2N4O2S/c1-34(28,32)16-18-3-2-4-21(13-18)30-25-29-12-11-23(31-25)22-10-9-20(27)14-24(22)33-15-17-5-7-19(26)8-6-17/h2-14,28H,15-16H2,1H3,(H,29,30,31). The van der Waals surface area contributed by atoms with E-state index in [0.717, 1.165) is 11.1 Å². The highest BCUT2D eigenvalue weighted by Gasteiger charge is 2.12. The fraction of sp³-hybridized carbons (Fsp3) is 0.120. The first kappa shape index (κ1) is 23.3. The lowest BCUT2D eigenvalue weighted by atomic mass is 10.1. The predicted molar refractivity (Wildman–Crippen MR) is 128 cm³/mol. The average Bonchev–Trinajstić information content (AvgIpc) is 2.78. The Bertz CT molecular complexity index is 1410. The van der Waals surface area contributed by atoms with Gasteiger partial charge in [-0.2, -0.15) is 0 Å². The summed E-state index contributed by atoms with van der Waals surface area (Å²) in [6.45, 7) is 0.135. The van der Waals surface area contributed by atoms with E-state index in [2.05, 4.69) is 15.3 Å². The Kier molecular flexibility index (Phi) is 6.83. The highest BCUT2D eigenvalue weighted by molar-refractivity contribution is 7.90. The van der Waals surface area contributed by atoms with E-state index in [1.165, 1.54) is 30.5 Å². The second-order valence-electron chi connectivity index (χ2n) is 7.80. The van der Waals surface area contributed by atoms with Crippen LogP contribution in [0.15, 0.2) is 79.0 Å². The van der Waals surface area contributed by atoms with Crippen LogP contribution in [0.2, 0.25) is 0 Å². The van der Waals surface area contributed by atoms with Crippen molar-refractivity contribution in [1.29, 1.82) is 4.78 Å². The van der Waals surface area contributed by atoms with E-state index >= 15 is 0 Å². The monoisotopic (exact) mass is 480 g/mol. The van der Waals surface area contributed by atoms with E-state index in [4.69, 9.17) is 9.52 Å². The summed E-state index contributed by atoms with van der Waals surface area (Å²) in [6.07, 6.45) is 2.97. The van der Waals surface area contributed by atoms with Crippen molar-refractivity contribution in [3.63, 3.8) is 0 Å². The van der Waals surface area contributed by atoms with Gasteiger partial charge in [-0.1, -0.05) is 24.3 Å². The van der Waals surface area contributed by atoms with Crippen molar-refractivity contribution in [1.82, 2.24) is 9.97 Å². The number of hydrogen-bond donors (Lipinski definition) is 2. The smallest absolute Gasteiger partial charge is 0.227 e. The molecule has 0 bridgehead atoms. The molecule has 0 aliphatic heterocycles. The maximum Gasteiger partial charge on any atom is 0.227 e. The molecule has 0 amide bonds. The third kappa shape index (κ3) is 6.35. The largest absolute Gasteiger partial charge is 0.488 e. The molecule has 174 valence electrons. The highest BCUT2D eigenvalue weighted by atomic mass is 32.2. The van der Waals surface area contributed by atoms with Gasteiger partial charge in [0.05, 0.1) is 11.4 Å². The summed E-state index contributed by atoms with van der Waals surface area (Å²) in [7, 11) is -2.67. The van der Waals surface area contributed by atoms with Crippen LogP contribution in [0.5, 0.6) is 5.75 Å². The topological polar surface area (TPSA) is 88.0 Å². The Balaban J connectivity index is 1.57. The second-order valence-corrected chi connectivity index (χ2v) is 10.1. The fourth-order valence-corrected chi connectivity index (χ4v) is 4.14. The Hall–Kier alpha value is -3.85. The molecule has 4 aromatic rings. The Labute approximate surface area is 196 Å². The van der Waals surface area contributed by atoms with Crippen LogP contribution in [0.25, 0.3) is 11.3 Å². The number of benzene rings is 3. The predicted octanol–water partition coefficient (Wildman–Crippen LogP) is 5.92. The lowest BCUT2D eigenvalue weighted by molar-refractivity contribution is 0.305. The molecule has 0 aliphatic rings. The lowest BCUT2D eigenvalue weighted by Gasteiger charge is -2.13. The molecular formula is C25H22F2N4O2S. The molecule has 1 unspecified atom stereocenters. The number of anilines is 2. The third-order valence-electron chi connectivity index (χ3n) is 4.81. The first-order chi connectivity index (χ1) is 16.2. The molecule has 9 heteroatoms. The Morgan fingerprint density at radius 2 is 1.74 bits per heavy atom. The van der Waals surface area contributed by atoms with E-state index in [1.807, 2.05) is 12.1 Å². The molecule has 0 saturated heterocycles. The van der Waals surface area contributed by atoms with Crippen molar-refractivity contribution < 1.29 is 17.7 Å². The number of nitrogens with zero attached hydrogens (tertiary/aromatic N) is 2. The van der Waals surface area contributed by atoms with Gasteiger partial charge in [0, 0.05) is 39.5 Å². The fourth-order valence-electron chi connectivity index (χ4n) is 3.32. The number of ether oxygens (including phenoxy) is 1. The van der Waals surface area contributed by atoms with Crippen LogP contribution in [0.4, 0.5) is 20.4 Å². The SMILES string of the molecule is CS(=N)(=O)Cc1cccc(Nc2nccc(-c3ccc(F)cc3OCc3ccc(F)cc3)n2)c1. The molecular weight excluding hydrogens is 458 g/mol. The molecule has 6 nitrogen and oxygen atoms in total. The quantitative estimate of drug-likeness (QED) is 0.327. The van der Waals surface area contributed by atoms with E-state index in [-0.39, 0.29) is 18.2 Å². The van der Waals surface area contributed by atoms with Crippen molar-refractivity contribution in [3.05, 3.63) is 102 Å². The molecule has 3 aromatic carbocycles. The van der Waals surface area contributed by atoms with Gasteiger partial charge in [0.15, 0.2) is 0 Å². The van der Waals surface area contributed by atoms with Gasteiger partial charge in [-0.25, -0.2) is 23.0 Å². The maximum absolute atomic E-state index is 14.0. The van der Waals surface area contributed by atoms with Gasteiger partial charge in [0.2, 0.25) is 5.95 Å². The van der Waals surface area contributed by atoms with Crippen LogP contribution in [0, 0.1) is 16.4 Å². The number of aromatic nitrogens is 2. The van der Waals surface area contributed by atoms with E-state index in [0.29, 0.717) is 28.6 Å². The molecule has 1 aromatic heterocycles. The summed E-state index contributed by atoms with van der Waals surface area (Å²) in [5.41, 5.74) is 3.28. The summed E-state index contributed by atoms with van der Waals surface area (Å²) < 4.78 is 52.4. The van der Waals surface area contributed by atoms with Gasteiger partial charge in [-0.15, -0.1) is 0 Å². The summed E-state index contributed by atoms with van der Waals surface area (Å²) in [6, 6.07) is 19.0. The van der Waals surface area contributed by atoms with Crippen molar-refractivity contribution in [2.45, 2.75) is 12.4 Å². The van der Waals surface area contributed by atoms with Gasteiger partial charge in [-0.05, 0) is 53.6 Å². The first-order valence-electron chi connectivity index (χ1n) is 10.3. The molecule has 0 saturated carbocycles. The van der Waals surface area contributed by atoms with Crippen LogP contribution in [-0.2, 0) is 22.1 Å². The molecule has 0 aliphatic carbocycles. The van der Waals surface area contributed by atoms with Crippen LogP contribution in [0.1, 0.15) is 11.1 Å². The molecule has 0 fully saturated rings. The summed E-state index contributed by atoms with van der Waals surface area (Å²) in [5, 5.41) is 3.11. The summed E-state index contributed by atoms with van der Waals surface area (Å²) in [5.74, 6) is -0.0438. The zero-order chi connectivity index (χ0) is 24.1.